The Morgan fingerprint density at radius 1 is 1.50 bits per heavy atom. The van der Waals surface area contributed by atoms with Gasteiger partial charge in [0, 0.05) is 25.2 Å². The molecular weight excluding hydrogens is 260 g/mol. The van der Waals surface area contributed by atoms with Crippen molar-refractivity contribution in [1.82, 2.24) is 10.2 Å². The summed E-state index contributed by atoms with van der Waals surface area (Å²) in [4.78, 5) is 25.3. The molecule has 1 atom stereocenters. The molecule has 0 bridgehead atoms. The molecule has 6 nitrogen and oxygen atoms in total. The van der Waals surface area contributed by atoms with Gasteiger partial charge in [0.05, 0.1) is 19.8 Å². The van der Waals surface area contributed by atoms with Crippen molar-refractivity contribution in [3.05, 3.63) is 12.2 Å². The van der Waals surface area contributed by atoms with Crippen molar-refractivity contribution < 1.29 is 19.1 Å². The van der Waals surface area contributed by atoms with Crippen LogP contribution in [-0.2, 0) is 19.1 Å². The number of carbonyl (C=O) groups is 2. The van der Waals surface area contributed by atoms with Crippen molar-refractivity contribution in [3.8, 4) is 0 Å². The van der Waals surface area contributed by atoms with E-state index in [4.69, 9.17) is 9.47 Å². The normalized spacial score (nSPS) is 20.3. The summed E-state index contributed by atoms with van der Waals surface area (Å²) in [6.07, 6.45) is 3.12. The molecule has 114 valence electrons. The Labute approximate surface area is 120 Å². The minimum Gasteiger partial charge on any atom is -0.463 e. The van der Waals surface area contributed by atoms with Crippen LogP contribution in [0, 0.1) is 0 Å². The first-order chi connectivity index (χ1) is 9.54. The van der Waals surface area contributed by atoms with Crippen LogP contribution in [0.3, 0.4) is 0 Å². The van der Waals surface area contributed by atoms with Gasteiger partial charge in [0.25, 0.3) is 0 Å². The number of hydrogen-bond donors (Lipinski definition) is 1. The van der Waals surface area contributed by atoms with Crippen LogP contribution >= 0.6 is 0 Å². The number of morpholine rings is 1. The maximum Gasteiger partial charge on any atom is 0.330 e. The van der Waals surface area contributed by atoms with Gasteiger partial charge in [-0.3, -0.25) is 9.69 Å². The van der Waals surface area contributed by atoms with Crippen LogP contribution < -0.4 is 5.32 Å². The minimum absolute atomic E-state index is 0.0377. The number of hydrogen-bond acceptors (Lipinski definition) is 5. The SMILES string of the molecule is CCOC(=O)/C=C/CN1CCOCC1C(=O)NC(C)C. The van der Waals surface area contributed by atoms with Crippen molar-refractivity contribution in [3.63, 3.8) is 0 Å². The van der Waals surface area contributed by atoms with Gasteiger partial charge in [-0.1, -0.05) is 6.08 Å². The fraction of sp³-hybridized carbons (Fsp3) is 0.714. The summed E-state index contributed by atoms with van der Waals surface area (Å²) in [6.45, 7) is 8.14. The molecule has 0 aromatic carbocycles. The highest BCUT2D eigenvalue weighted by molar-refractivity contribution is 5.83. The molecule has 0 radical (unpaired) electrons. The lowest BCUT2D eigenvalue weighted by Gasteiger charge is -2.34. The van der Waals surface area contributed by atoms with Crippen molar-refractivity contribution in [2.24, 2.45) is 0 Å². The average Bonchev–Trinajstić information content (AvgIpc) is 2.38. The van der Waals surface area contributed by atoms with Gasteiger partial charge in [-0.05, 0) is 20.8 Å². The topological polar surface area (TPSA) is 67.9 Å². The van der Waals surface area contributed by atoms with E-state index in [2.05, 4.69) is 5.32 Å². The standard InChI is InChI=1S/C14H24N2O4/c1-4-20-13(17)6-5-7-16-8-9-19-10-12(16)14(18)15-11(2)3/h5-6,11-12H,4,7-10H2,1-3H3,(H,15,18)/b6-5+. The second kappa shape index (κ2) is 8.71. The molecule has 1 saturated heterocycles. The number of nitrogens with zero attached hydrogens (tertiary/aromatic N) is 1. The third-order valence-electron chi connectivity index (χ3n) is 2.85. The van der Waals surface area contributed by atoms with E-state index in [1.807, 2.05) is 18.7 Å². The Kier molecular flexibility index (Phi) is 7.25. The quantitative estimate of drug-likeness (QED) is 0.562. The fourth-order valence-electron chi connectivity index (χ4n) is 1.95. The molecule has 0 spiro atoms. The van der Waals surface area contributed by atoms with Gasteiger partial charge < -0.3 is 14.8 Å². The number of rotatable bonds is 6. The third-order valence-corrected chi connectivity index (χ3v) is 2.85. The Bertz CT molecular complexity index is 355. The molecule has 0 aromatic heterocycles. The van der Waals surface area contributed by atoms with Gasteiger partial charge in [0.1, 0.15) is 6.04 Å². The van der Waals surface area contributed by atoms with Crippen LogP contribution in [0.4, 0.5) is 0 Å². The van der Waals surface area contributed by atoms with Crippen molar-refractivity contribution in [2.45, 2.75) is 32.9 Å². The molecule has 1 fully saturated rings. The summed E-state index contributed by atoms with van der Waals surface area (Å²) >= 11 is 0. The number of esters is 1. The number of amides is 1. The van der Waals surface area contributed by atoms with Crippen LogP contribution in [0.1, 0.15) is 20.8 Å². The summed E-state index contributed by atoms with van der Waals surface area (Å²) in [5.74, 6) is -0.395. The van der Waals surface area contributed by atoms with Gasteiger partial charge in [0.2, 0.25) is 5.91 Å². The molecule has 1 rings (SSSR count). The summed E-state index contributed by atoms with van der Waals surface area (Å²) in [6, 6.07) is -0.209. The molecule has 20 heavy (non-hydrogen) atoms. The third kappa shape index (κ3) is 5.71. The molecule has 0 aliphatic carbocycles. The molecule has 1 unspecified atom stereocenters. The van der Waals surface area contributed by atoms with Gasteiger partial charge in [0.15, 0.2) is 0 Å². The van der Waals surface area contributed by atoms with Gasteiger partial charge in [-0.15, -0.1) is 0 Å². The predicted molar refractivity (Wildman–Crippen MR) is 75.2 cm³/mol. The van der Waals surface area contributed by atoms with E-state index in [9.17, 15) is 9.59 Å². The average molecular weight is 284 g/mol. The fourth-order valence-corrected chi connectivity index (χ4v) is 1.95. The molecule has 1 aliphatic heterocycles. The van der Waals surface area contributed by atoms with Gasteiger partial charge >= 0.3 is 5.97 Å². The van der Waals surface area contributed by atoms with Crippen molar-refractivity contribution in [2.75, 3.05) is 32.9 Å². The highest BCUT2D eigenvalue weighted by Crippen LogP contribution is 2.07. The molecule has 1 heterocycles. The van der Waals surface area contributed by atoms with Crippen LogP contribution in [-0.4, -0.2) is 61.8 Å². The summed E-state index contributed by atoms with van der Waals surface area (Å²) in [5.41, 5.74) is 0. The summed E-state index contributed by atoms with van der Waals surface area (Å²) in [7, 11) is 0. The van der Waals surface area contributed by atoms with E-state index in [0.717, 1.165) is 0 Å². The number of nitrogens with one attached hydrogen (secondary N) is 1. The first-order valence-corrected chi connectivity index (χ1v) is 7.00. The van der Waals surface area contributed by atoms with Crippen LogP contribution in [0.2, 0.25) is 0 Å². The minimum atomic E-state index is -0.357. The van der Waals surface area contributed by atoms with Gasteiger partial charge in [-0.2, -0.15) is 0 Å². The zero-order valence-corrected chi connectivity index (χ0v) is 12.4. The zero-order chi connectivity index (χ0) is 15.0. The molecule has 0 saturated carbocycles. The lowest BCUT2D eigenvalue weighted by Crippen LogP contribution is -2.54. The van der Waals surface area contributed by atoms with Crippen LogP contribution in [0.5, 0.6) is 0 Å². The lowest BCUT2D eigenvalue weighted by molar-refractivity contribution is -0.137. The Balaban J connectivity index is 2.52. The maximum atomic E-state index is 12.1. The van der Waals surface area contributed by atoms with E-state index in [0.29, 0.717) is 32.9 Å². The summed E-state index contributed by atoms with van der Waals surface area (Å²) in [5, 5.41) is 2.89. The summed E-state index contributed by atoms with van der Waals surface area (Å²) < 4.78 is 10.2. The molecule has 0 aromatic rings. The maximum absolute atomic E-state index is 12.1. The molecular formula is C14H24N2O4. The molecule has 6 heteroatoms. The molecule has 1 aliphatic rings. The van der Waals surface area contributed by atoms with Crippen LogP contribution in [0.15, 0.2) is 12.2 Å². The highest BCUT2D eigenvalue weighted by Gasteiger charge is 2.28. The molecule has 1 amide bonds. The Morgan fingerprint density at radius 3 is 2.90 bits per heavy atom. The molecule has 1 N–H and O–H groups in total. The largest absolute Gasteiger partial charge is 0.463 e. The van der Waals surface area contributed by atoms with Crippen molar-refractivity contribution >= 4 is 11.9 Å². The van der Waals surface area contributed by atoms with E-state index >= 15 is 0 Å². The second-order valence-corrected chi connectivity index (χ2v) is 4.90. The van der Waals surface area contributed by atoms with Crippen molar-refractivity contribution in [1.29, 1.82) is 0 Å². The first-order valence-electron chi connectivity index (χ1n) is 7.00. The zero-order valence-electron chi connectivity index (χ0n) is 12.4. The number of carbonyl (C=O) groups excluding carboxylic acids is 2. The number of ether oxygens (including phenoxy) is 2. The monoisotopic (exact) mass is 284 g/mol. The van der Waals surface area contributed by atoms with E-state index < -0.39 is 0 Å². The Morgan fingerprint density at radius 2 is 2.25 bits per heavy atom. The van der Waals surface area contributed by atoms with E-state index in [1.54, 1.807) is 13.0 Å². The van der Waals surface area contributed by atoms with E-state index in [-0.39, 0.29) is 24.0 Å². The first kappa shape index (κ1) is 16.7. The predicted octanol–water partition coefficient (Wildman–Crippen LogP) is 0.331. The van der Waals surface area contributed by atoms with Gasteiger partial charge in [-0.25, -0.2) is 4.79 Å². The Hall–Kier alpha value is -1.40. The highest BCUT2D eigenvalue weighted by atomic mass is 16.5. The van der Waals surface area contributed by atoms with Crippen LogP contribution in [0.25, 0.3) is 0 Å². The van der Waals surface area contributed by atoms with E-state index in [1.165, 1.54) is 6.08 Å². The lowest BCUT2D eigenvalue weighted by atomic mass is 10.2. The second-order valence-electron chi connectivity index (χ2n) is 4.90. The smallest absolute Gasteiger partial charge is 0.330 e.